The van der Waals surface area contributed by atoms with Crippen LogP contribution in [0.5, 0.6) is 0 Å². The first-order valence-corrected chi connectivity index (χ1v) is 6.02. The summed E-state index contributed by atoms with van der Waals surface area (Å²) in [5.74, 6) is 1.46. The van der Waals surface area contributed by atoms with Gasteiger partial charge in [0.05, 0.1) is 0 Å². The normalized spacial score (nSPS) is 11.3. The lowest BCUT2D eigenvalue weighted by molar-refractivity contribution is 0.577. The summed E-state index contributed by atoms with van der Waals surface area (Å²) in [5, 5.41) is 0. The molecule has 1 aromatic heterocycles. The molecule has 0 saturated heterocycles. The first-order chi connectivity index (χ1) is 7.08. The zero-order chi connectivity index (χ0) is 11.3. The Kier molecular flexibility index (Phi) is 4.80. The van der Waals surface area contributed by atoms with E-state index in [0.717, 1.165) is 18.8 Å². The first-order valence-electron chi connectivity index (χ1n) is 6.02. The van der Waals surface area contributed by atoms with E-state index < -0.39 is 0 Å². The highest BCUT2D eigenvalue weighted by Crippen LogP contribution is 2.10. The van der Waals surface area contributed by atoms with Gasteiger partial charge in [-0.15, -0.1) is 0 Å². The minimum atomic E-state index is 0.692. The van der Waals surface area contributed by atoms with Crippen LogP contribution in [0.2, 0.25) is 0 Å². The third-order valence-corrected chi connectivity index (χ3v) is 2.46. The zero-order valence-corrected chi connectivity index (χ0v) is 10.5. The van der Waals surface area contributed by atoms with E-state index in [4.69, 9.17) is 0 Å². The molecule has 0 saturated carbocycles. The van der Waals surface area contributed by atoms with Crippen molar-refractivity contribution in [2.24, 2.45) is 11.8 Å². The lowest BCUT2D eigenvalue weighted by Crippen LogP contribution is -2.01. The Hall–Kier alpha value is -0.850. The number of aryl methyl sites for hydroxylation is 1. The van der Waals surface area contributed by atoms with Crippen molar-refractivity contribution in [2.45, 2.75) is 47.0 Å². The molecule has 1 aromatic rings. The minimum absolute atomic E-state index is 0.692. The van der Waals surface area contributed by atoms with Crippen molar-refractivity contribution in [1.82, 2.24) is 4.98 Å². The number of hydrogen-bond acceptors (Lipinski definition) is 1. The fourth-order valence-corrected chi connectivity index (χ4v) is 1.64. The topological polar surface area (TPSA) is 12.9 Å². The molecule has 0 radical (unpaired) electrons. The van der Waals surface area contributed by atoms with E-state index >= 15 is 0 Å². The average Bonchev–Trinajstić information content (AvgIpc) is 2.14. The third kappa shape index (κ3) is 4.96. The smallest absolute Gasteiger partial charge is 0.0409 e. The van der Waals surface area contributed by atoms with Crippen LogP contribution in [0.3, 0.4) is 0 Å². The largest absolute Gasteiger partial charge is 0.258 e. The maximum absolute atomic E-state index is 4.68. The van der Waals surface area contributed by atoms with Gasteiger partial charge in [0.2, 0.25) is 0 Å². The molecular formula is C14H23N. The number of aromatic nitrogens is 1. The summed E-state index contributed by atoms with van der Waals surface area (Å²) in [6.45, 7) is 9.00. The van der Waals surface area contributed by atoms with Gasteiger partial charge in [-0.25, -0.2) is 0 Å². The average molecular weight is 205 g/mol. The molecule has 0 aromatic carbocycles. The molecule has 0 bridgehead atoms. The van der Waals surface area contributed by atoms with Gasteiger partial charge in [0.1, 0.15) is 0 Å². The van der Waals surface area contributed by atoms with Gasteiger partial charge in [0.15, 0.2) is 0 Å². The van der Waals surface area contributed by atoms with Crippen molar-refractivity contribution >= 4 is 0 Å². The van der Waals surface area contributed by atoms with Gasteiger partial charge in [-0.05, 0) is 43.2 Å². The maximum atomic E-state index is 4.68. The number of hydrogen-bond donors (Lipinski definition) is 0. The van der Waals surface area contributed by atoms with E-state index in [0.29, 0.717) is 5.92 Å². The van der Waals surface area contributed by atoms with Crippen LogP contribution < -0.4 is 0 Å². The summed E-state index contributed by atoms with van der Waals surface area (Å²) in [6.07, 6.45) is 3.44. The molecule has 0 aliphatic heterocycles. The van der Waals surface area contributed by atoms with Crippen molar-refractivity contribution in [3.63, 3.8) is 0 Å². The van der Waals surface area contributed by atoms with Crippen molar-refractivity contribution < 1.29 is 0 Å². The molecule has 0 aliphatic rings. The molecule has 1 nitrogen and oxygen atoms in total. The molecule has 0 aliphatic carbocycles. The summed E-state index contributed by atoms with van der Waals surface area (Å²) in [6, 6.07) is 6.42. The highest BCUT2D eigenvalue weighted by Gasteiger charge is 2.02. The Morgan fingerprint density at radius 2 is 1.67 bits per heavy atom. The van der Waals surface area contributed by atoms with E-state index in [1.165, 1.54) is 17.8 Å². The molecule has 0 unspecified atom stereocenters. The molecule has 15 heavy (non-hydrogen) atoms. The van der Waals surface area contributed by atoms with Crippen LogP contribution in [-0.4, -0.2) is 4.98 Å². The Labute approximate surface area is 93.9 Å². The highest BCUT2D eigenvalue weighted by molar-refractivity contribution is 5.11. The summed E-state index contributed by atoms with van der Waals surface area (Å²) in [5.41, 5.74) is 2.49. The monoisotopic (exact) mass is 205 g/mol. The van der Waals surface area contributed by atoms with Crippen LogP contribution in [0.1, 0.15) is 45.5 Å². The maximum Gasteiger partial charge on any atom is 0.0409 e. The van der Waals surface area contributed by atoms with E-state index in [1.54, 1.807) is 0 Å². The molecular weight excluding hydrogens is 182 g/mol. The van der Waals surface area contributed by atoms with E-state index in [1.807, 2.05) is 0 Å². The number of rotatable bonds is 5. The Balaban J connectivity index is 2.57. The van der Waals surface area contributed by atoms with Crippen molar-refractivity contribution in [3.05, 3.63) is 29.6 Å². The fourth-order valence-electron chi connectivity index (χ4n) is 1.64. The van der Waals surface area contributed by atoms with Crippen LogP contribution in [-0.2, 0) is 12.8 Å². The first kappa shape index (κ1) is 12.2. The van der Waals surface area contributed by atoms with E-state index in [-0.39, 0.29) is 0 Å². The molecule has 0 N–H and O–H groups in total. The minimum Gasteiger partial charge on any atom is -0.258 e. The molecule has 1 heteroatoms. The van der Waals surface area contributed by atoms with Crippen molar-refractivity contribution in [2.75, 3.05) is 0 Å². The van der Waals surface area contributed by atoms with Crippen LogP contribution in [0.15, 0.2) is 18.2 Å². The van der Waals surface area contributed by atoms with E-state index in [2.05, 4.69) is 50.9 Å². The molecule has 1 heterocycles. The van der Waals surface area contributed by atoms with Gasteiger partial charge in [0, 0.05) is 11.4 Å². The predicted octanol–water partition coefficient (Wildman–Crippen LogP) is 3.87. The highest BCUT2D eigenvalue weighted by atomic mass is 14.7. The van der Waals surface area contributed by atoms with Gasteiger partial charge in [-0.1, -0.05) is 33.8 Å². The standard InChI is InChI=1S/C14H23N/c1-11(2)8-9-13-6-5-7-14(15-13)10-12(3)4/h5-7,11-12H,8-10H2,1-4H3. The van der Waals surface area contributed by atoms with Gasteiger partial charge in [-0.2, -0.15) is 0 Å². The van der Waals surface area contributed by atoms with Crippen LogP contribution in [0.4, 0.5) is 0 Å². The summed E-state index contributed by atoms with van der Waals surface area (Å²) >= 11 is 0. The van der Waals surface area contributed by atoms with E-state index in [9.17, 15) is 0 Å². The summed E-state index contributed by atoms with van der Waals surface area (Å²) < 4.78 is 0. The van der Waals surface area contributed by atoms with Gasteiger partial charge in [-0.3, -0.25) is 4.98 Å². The number of nitrogens with zero attached hydrogens (tertiary/aromatic N) is 1. The van der Waals surface area contributed by atoms with Crippen molar-refractivity contribution in [3.8, 4) is 0 Å². The summed E-state index contributed by atoms with van der Waals surface area (Å²) in [4.78, 5) is 4.68. The van der Waals surface area contributed by atoms with Gasteiger partial charge in [0.25, 0.3) is 0 Å². The number of pyridine rings is 1. The molecule has 0 atom stereocenters. The molecule has 0 spiro atoms. The Morgan fingerprint density at radius 3 is 2.27 bits per heavy atom. The summed E-state index contributed by atoms with van der Waals surface area (Å²) in [7, 11) is 0. The van der Waals surface area contributed by atoms with Crippen LogP contribution in [0.25, 0.3) is 0 Å². The van der Waals surface area contributed by atoms with Gasteiger partial charge < -0.3 is 0 Å². The molecule has 1 rings (SSSR count). The van der Waals surface area contributed by atoms with Crippen LogP contribution in [0, 0.1) is 11.8 Å². The van der Waals surface area contributed by atoms with Crippen LogP contribution >= 0.6 is 0 Å². The van der Waals surface area contributed by atoms with Crippen molar-refractivity contribution in [1.29, 1.82) is 0 Å². The molecule has 0 amide bonds. The van der Waals surface area contributed by atoms with Gasteiger partial charge >= 0.3 is 0 Å². The third-order valence-electron chi connectivity index (χ3n) is 2.46. The Morgan fingerprint density at radius 1 is 1.00 bits per heavy atom. The predicted molar refractivity (Wildman–Crippen MR) is 65.9 cm³/mol. The second kappa shape index (κ2) is 5.89. The second-order valence-electron chi connectivity index (χ2n) is 5.15. The zero-order valence-electron chi connectivity index (χ0n) is 10.5. The quantitative estimate of drug-likeness (QED) is 0.711. The SMILES string of the molecule is CC(C)CCc1cccc(CC(C)C)n1. The molecule has 0 fully saturated rings. The second-order valence-corrected chi connectivity index (χ2v) is 5.15. The molecule has 84 valence electrons. The fraction of sp³-hybridized carbons (Fsp3) is 0.643. The lowest BCUT2D eigenvalue weighted by atomic mass is 10.0. The lowest BCUT2D eigenvalue weighted by Gasteiger charge is -2.07. The Bertz CT molecular complexity index is 289.